The molecule has 2 N–H and O–H groups in total. The number of carbonyl (C=O) groups excluding carboxylic acids is 1. The molecule has 6 heteroatoms. The fraction of sp³-hybridized carbons (Fsp3) is 0.350. The Balaban J connectivity index is 1.87. The molecule has 0 fully saturated rings. The van der Waals surface area contributed by atoms with Crippen LogP contribution in [0.25, 0.3) is 0 Å². The molecular weight excluding hydrogens is 341 g/mol. The minimum Gasteiger partial charge on any atom is -0.298 e. The van der Waals surface area contributed by atoms with Crippen molar-refractivity contribution >= 4 is 11.6 Å². The van der Waals surface area contributed by atoms with Gasteiger partial charge in [0.05, 0.1) is 11.3 Å². The lowest BCUT2D eigenvalue weighted by Gasteiger charge is -2.11. The fourth-order valence-electron chi connectivity index (χ4n) is 2.55. The number of hydrogen-bond donors (Lipinski definition) is 2. The van der Waals surface area contributed by atoms with Crippen molar-refractivity contribution in [2.75, 3.05) is 5.43 Å². The highest BCUT2D eigenvalue weighted by molar-refractivity contribution is 5.95. The van der Waals surface area contributed by atoms with E-state index in [-0.39, 0.29) is 5.56 Å². The van der Waals surface area contributed by atoms with E-state index in [9.17, 15) is 18.0 Å². The zero-order valence-electron chi connectivity index (χ0n) is 14.7. The molecule has 26 heavy (non-hydrogen) atoms. The molecule has 0 radical (unpaired) electrons. The monoisotopic (exact) mass is 364 g/mol. The van der Waals surface area contributed by atoms with Crippen molar-refractivity contribution in [3.05, 3.63) is 65.2 Å². The number of anilines is 1. The smallest absolute Gasteiger partial charge is 0.298 e. The van der Waals surface area contributed by atoms with Gasteiger partial charge in [0.2, 0.25) is 0 Å². The molecule has 2 aromatic carbocycles. The highest BCUT2D eigenvalue weighted by Gasteiger charge is 2.30. The van der Waals surface area contributed by atoms with Crippen LogP contribution >= 0.6 is 0 Å². The molecule has 0 aliphatic rings. The number of benzene rings is 2. The molecule has 0 bridgehead atoms. The van der Waals surface area contributed by atoms with E-state index in [1.54, 1.807) is 0 Å². The van der Waals surface area contributed by atoms with Gasteiger partial charge in [-0.3, -0.25) is 15.6 Å². The summed E-state index contributed by atoms with van der Waals surface area (Å²) in [6, 6.07) is 11.9. The molecule has 140 valence electrons. The van der Waals surface area contributed by atoms with Gasteiger partial charge in [0.25, 0.3) is 5.91 Å². The van der Waals surface area contributed by atoms with Crippen molar-refractivity contribution in [2.24, 2.45) is 0 Å². The molecule has 0 heterocycles. The van der Waals surface area contributed by atoms with Crippen molar-refractivity contribution in [1.82, 2.24) is 5.43 Å². The van der Waals surface area contributed by atoms with Crippen LogP contribution < -0.4 is 10.9 Å². The van der Waals surface area contributed by atoms with Gasteiger partial charge in [-0.15, -0.1) is 0 Å². The van der Waals surface area contributed by atoms with Gasteiger partial charge < -0.3 is 0 Å². The van der Waals surface area contributed by atoms with Crippen LogP contribution in [0.5, 0.6) is 0 Å². The predicted octanol–water partition coefficient (Wildman–Crippen LogP) is 5.59. The maximum Gasteiger partial charge on any atom is 0.416 e. The zero-order valence-corrected chi connectivity index (χ0v) is 14.7. The number of amides is 1. The Kier molecular flexibility index (Phi) is 7.06. The summed E-state index contributed by atoms with van der Waals surface area (Å²) in [6.07, 6.45) is 1.33. The first-order chi connectivity index (χ1) is 12.4. The number of halogens is 3. The summed E-state index contributed by atoms with van der Waals surface area (Å²) in [5.74, 6) is -0.625. The molecule has 2 aromatic rings. The van der Waals surface area contributed by atoms with E-state index in [4.69, 9.17) is 0 Å². The van der Waals surface area contributed by atoms with Crippen LogP contribution in [0, 0.1) is 0 Å². The van der Waals surface area contributed by atoms with Gasteiger partial charge in [-0.25, -0.2) is 0 Å². The van der Waals surface area contributed by atoms with E-state index >= 15 is 0 Å². The number of carbonyl (C=O) groups is 1. The summed E-state index contributed by atoms with van der Waals surface area (Å²) < 4.78 is 38.1. The van der Waals surface area contributed by atoms with Gasteiger partial charge in [0.15, 0.2) is 0 Å². The molecule has 1 amide bonds. The molecule has 0 saturated heterocycles. The Labute approximate surface area is 151 Å². The summed E-state index contributed by atoms with van der Waals surface area (Å²) in [5, 5.41) is 0. The second kappa shape index (κ2) is 9.27. The van der Waals surface area contributed by atoms with Gasteiger partial charge in [-0.05, 0) is 48.7 Å². The first-order valence-electron chi connectivity index (χ1n) is 8.72. The normalized spacial score (nSPS) is 11.2. The fourth-order valence-corrected chi connectivity index (χ4v) is 2.55. The van der Waals surface area contributed by atoms with Crippen LogP contribution in [0.4, 0.5) is 18.9 Å². The molecule has 2 rings (SSSR count). The van der Waals surface area contributed by atoms with Gasteiger partial charge in [0.1, 0.15) is 0 Å². The molecule has 0 spiro atoms. The van der Waals surface area contributed by atoms with Gasteiger partial charge in [0, 0.05) is 5.56 Å². The summed E-state index contributed by atoms with van der Waals surface area (Å²) in [4.78, 5) is 12.0. The second-order valence-electron chi connectivity index (χ2n) is 6.17. The lowest BCUT2D eigenvalue weighted by molar-refractivity contribution is -0.137. The first kappa shape index (κ1) is 19.8. The summed E-state index contributed by atoms with van der Waals surface area (Å²) in [7, 11) is 0. The average Bonchev–Trinajstić information content (AvgIpc) is 2.63. The lowest BCUT2D eigenvalue weighted by Crippen LogP contribution is -2.29. The molecule has 3 nitrogen and oxygen atoms in total. The van der Waals surface area contributed by atoms with Gasteiger partial charge >= 0.3 is 6.18 Å². The van der Waals surface area contributed by atoms with E-state index in [0.29, 0.717) is 5.69 Å². The number of hydrazine groups is 1. The summed E-state index contributed by atoms with van der Waals surface area (Å²) in [6.45, 7) is 2.17. The van der Waals surface area contributed by atoms with Crippen molar-refractivity contribution < 1.29 is 18.0 Å². The molecule has 0 aliphatic carbocycles. The largest absolute Gasteiger partial charge is 0.416 e. The van der Waals surface area contributed by atoms with Crippen LogP contribution in [0.1, 0.15) is 54.1 Å². The van der Waals surface area contributed by atoms with Crippen LogP contribution in [0.2, 0.25) is 0 Å². The predicted molar refractivity (Wildman–Crippen MR) is 96.8 cm³/mol. The standard InChI is InChI=1S/C20H23F3N2O/c1-2-3-4-5-7-15-10-12-18(13-11-15)24-25-19(26)16-8-6-9-17(14-16)20(21,22)23/h6,8-14,24H,2-5,7H2,1H3,(H,25,26). The molecule has 0 saturated carbocycles. The third kappa shape index (κ3) is 6.10. The van der Waals surface area contributed by atoms with Crippen molar-refractivity contribution in [3.8, 4) is 0 Å². The quantitative estimate of drug-likeness (QED) is 0.474. The van der Waals surface area contributed by atoms with Gasteiger partial charge in [-0.1, -0.05) is 44.4 Å². The maximum atomic E-state index is 12.7. The molecule has 0 aromatic heterocycles. The van der Waals surface area contributed by atoms with E-state index < -0.39 is 17.6 Å². The molecule has 0 atom stereocenters. The Bertz CT molecular complexity index is 712. The minimum atomic E-state index is -4.48. The number of nitrogens with one attached hydrogen (secondary N) is 2. The van der Waals surface area contributed by atoms with E-state index in [1.807, 2.05) is 24.3 Å². The number of aryl methyl sites for hydroxylation is 1. The molecule has 0 aliphatic heterocycles. The summed E-state index contributed by atoms with van der Waals surface area (Å²) in [5.41, 5.74) is 6.12. The SMILES string of the molecule is CCCCCCc1ccc(NNC(=O)c2cccc(C(F)(F)F)c2)cc1. The highest BCUT2D eigenvalue weighted by atomic mass is 19.4. The maximum absolute atomic E-state index is 12.7. The van der Waals surface area contributed by atoms with E-state index in [1.165, 1.54) is 37.0 Å². The van der Waals surface area contributed by atoms with E-state index in [2.05, 4.69) is 17.8 Å². The number of hydrogen-bond acceptors (Lipinski definition) is 2. The van der Waals surface area contributed by atoms with Crippen molar-refractivity contribution in [1.29, 1.82) is 0 Å². The molecular formula is C20H23F3N2O. The third-order valence-corrected chi connectivity index (χ3v) is 4.05. The zero-order chi connectivity index (χ0) is 19.0. The number of unbranched alkanes of at least 4 members (excludes halogenated alkanes) is 3. The number of rotatable bonds is 8. The van der Waals surface area contributed by atoms with Crippen LogP contribution in [-0.4, -0.2) is 5.91 Å². The number of alkyl halides is 3. The average molecular weight is 364 g/mol. The van der Waals surface area contributed by atoms with Crippen molar-refractivity contribution in [2.45, 2.75) is 45.2 Å². The van der Waals surface area contributed by atoms with Crippen LogP contribution in [0.15, 0.2) is 48.5 Å². The summed E-state index contributed by atoms with van der Waals surface area (Å²) >= 11 is 0. The Hall–Kier alpha value is -2.50. The van der Waals surface area contributed by atoms with Crippen molar-refractivity contribution in [3.63, 3.8) is 0 Å². The highest BCUT2D eigenvalue weighted by Crippen LogP contribution is 2.29. The Morgan fingerprint density at radius 2 is 1.73 bits per heavy atom. The van der Waals surface area contributed by atoms with Crippen LogP contribution in [-0.2, 0) is 12.6 Å². The molecule has 0 unspecified atom stereocenters. The Morgan fingerprint density at radius 3 is 2.38 bits per heavy atom. The topological polar surface area (TPSA) is 41.1 Å². The third-order valence-electron chi connectivity index (χ3n) is 4.05. The first-order valence-corrected chi connectivity index (χ1v) is 8.72. The van der Waals surface area contributed by atoms with E-state index in [0.717, 1.165) is 25.0 Å². The van der Waals surface area contributed by atoms with Crippen LogP contribution in [0.3, 0.4) is 0 Å². The second-order valence-corrected chi connectivity index (χ2v) is 6.17. The van der Waals surface area contributed by atoms with Gasteiger partial charge in [-0.2, -0.15) is 13.2 Å². The minimum absolute atomic E-state index is 0.0557. The Morgan fingerprint density at radius 1 is 1.00 bits per heavy atom. The lowest BCUT2D eigenvalue weighted by atomic mass is 10.1.